The lowest BCUT2D eigenvalue weighted by Gasteiger charge is -2.13. The number of carboxylic acids is 1. The Kier molecular flexibility index (Phi) is 4.45. The van der Waals surface area contributed by atoms with Crippen molar-refractivity contribution >= 4 is 12.0 Å². The van der Waals surface area contributed by atoms with Crippen molar-refractivity contribution in [2.24, 2.45) is 5.92 Å². The normalized spacial score (nSPS) is 24.4. The Morgan fingerprint density at radius 1 is 1.38 bits per heavy atom. The smallest absolute Gasteiger partial charge is 0.315 e. The number of halogens is 2. The fourth-order valence-corrected chi connectivity index (χ4v) is 1.74. The molecular weight excluding hydrogens is 222 g/mol. The molecule has 2 amide bonds. The zero-order valence-electron chi connectivity index (χ0n) is 8.58. The van der Waals surface area contributed by atoms with Crippen LogP contribution in [0, 0.1) is 5.92 Å². The molecule has 1 saturated carbocycles. The van der Waals surface area contributed by atoms with Crippen molar-refractivity contribution in [1.82, 2.24) is 10.6 Å². The molecule has 1 aliphatic rings. The van der Waals surface area contributed by atoms with Gasteiger partial charge in [0, 0.05) is 6.04 Å². The van der Waals surface area contributed by atoms with Gasteiger partial charge in [-0.3, -0.25) is 4.79 Å². The molecule has 5 nitrogen and oxygen atoms in total. The average Bonchev–Trinajstić information content (AvgIpc) is 2.63. The number of carbonyl (C=O) groups is 2. The molecule has 0 bridgehead atoms. The van der Waals surface area contributed by atoms with Crippen LogP contribution in [0.15, 0.2) is 0 Å². The SMILES string of the molecule is O=C(NCC(F)F)N[C@H]1CC[C@@H](C(=O)O)C1. The highest BCUT2D eigenvalue weighted by atomic mass is 19.3. The van der Waals surface area contributed by atoms with Gasteiger partial charge >= 0.3 is 12.0 Å². The third kappa shape index (κ3) is 4.00. The molecule has 0 aliphatic heterocycles. The molecule has 0 heterocycles. The van der Waals surface area contributed by atoms with Gasteiger partial charge in [-0.1, -0.05) is 0 Å². The molecule has 0 aromatic rings. The summed E-state index contributed by atoms with van der Waals surface area (Å²) in [7, 11) is 0. The van der Waals surface area contributed by atoms with E-state index in [1.165, 1.54) is 0 Å². The highest BCUT2D eigenvalue weighted by Crippen LogP contribution is 2.25. The van der Waals surface area contributed by atoms with Crippen molar-refractivity contribution in [2.75, 3.05) is 6.54 Å². The molecule has 1 fully saturated rings. The Balaban J connectivity index is 2.23. The number of amides is 2. The van der Waals surface area contributed by atoms with Crippen LogP contribution in [0.2, 0.25) is 0 Å². The van der Waals surface area contributed by atoms with Crippen LogP contribution in [0.4, 0.5) is 13.6 Å². The van der Waals surface area contributed by atoms with Gasteiger partial charge in [-0.25, -0.2) is 13.6 Å². The number of nitrogens with one attached hydrogen (secondary N) is 2. The molecule has 92 valence electrons. The standard InChI is InChI=1S/C9H14F2N2O3/c10-7(11)4-12-9(16)13-6-2-1-5(3-6)8(14)15/h5-7H,1-4H2,(H,14,15)(H2,12,13,16)/t5-,6+/m1/s1. The summed E-state index contributed by atoms with van der Waals surface area (Å²) < 4.78 is 23.5. The highest BCUT2D eigenvalue weighted by molar-refractivity contribution is 5.75. The lowest BCUT2D eigenvalue weighted by atomic mass is 10.1. The van der Waals surface area contributed by atoms with E-state index in [1.807, 2.05) is 5.32 Å². The average molecular weight is 236 g/mol. The zero-order chi connectivity index (χ0) is 12.1. The molecule has 0 radical (unpaired) electrons. The number of carbonyl (C=O) groups excluding carboxylic acids is 1. The first-order chi connectivity index (χ1) is 7.49. The largest absolute Gasteiger partial charge is 0.481 e. The van der Waals surface area contributed by atoms with E-state index in [0.29, 0.717) is 19.3 Å². The summed E-state index contributed by atoms with van der Waals surface area (Å²) in [5, 5.41) is 13.2. The first kappa shape index (κ1) is 12.7. The molecule has 16 heavy (non-hydrogen) atoms. The molecule has 1 aliphatic carbocycles. The van der Waals surface area contributed by atoms with E-state index in [-0.39, 0.29) is 6.04 Å². The van der Waals surface area contributed by atoms with Crippen molar-refractivity contribution in [2.45, 2.75) is 31.7 Å². The van der Waals surface area contributed by atoms with E-state index >= 15 is 0 Å². The lowest BCUT2D eigenvalue weighted by Crippen LogP contribution is -2.42. The van der Waals surface area contributed by atoms with Crippen LogP contribution in [-0.2, 0) is 4.79 Å². The van der Waals surface area contributed by atoms with Gasteiger partial charge in [0.2, 0.25) is 0 Å². The number of aliphatic carboxylic acids is 1. The Hall–Kier alpha value is -1.40. The van der Waals surface area contributed by atoms with Crippen LogP contribution >= 0.6 is 0 Å². The molecule has 3 N–H and O–H groups in total. The fourth-order valence-electron chi connectivity index (χ4n) is 1.74. The van der Waals surface area contributed by atoms with Crippen LogP contribution in [0.3, 0.4) is 0 Å². The molecule has 0 spiro atoms. The van der Waals surface area contributed by atoms with E-state index in [1.54, 1.807) is 0 Å². The summed E-state index contributed by atoms with van der Waals surface area (Å²) in [6.07, 6.45) is -1.15. The summed E-state index contributed by atoms with van der Waals surface area (Å²) >= 11 is 0. The predicted molar refractivity (Wildman–Crippen MR) is 51.3 cm³/mol. The zero-order valence-corrected chi connectivity index (χ0v) is 8.58. The Labute approximate surface area is 91.2 Å². The van der Waals surface area contributed by atoms with E-state index in [9.17, 15) is 18.4 Å². The van der Waals surface area contributed by atoms with Crippen molar-refractivity contribution in [3.05, 3.63) is 0 Å². The number of alkyl halides is 2. The molecule has 7 heteroatoms. The van der Waals surface area contributed by atoms with Gasteiger partial charge < -0.3 is 15.7 Å². The minimum absolute atomic E-state index is 0.237. The summed E-state index contributed by atoms with van der Waals surface area (Å²) in [5.74, 6) is -1.32. The van der Waals surface area contributed by atoms with Gasteiger partial charge in [-0.15, -0.1) is 0 Å². The second kappa shape index (κ2) is 5.62. The molecular formula is C9H14F2N2O3. The summed E-state index contributed by atoms with van der Waals surface area (Å²) in [6, 6.07) is -0.907. The van der Waals surface area contributed by atoms with Crippen LogP contribution in [-0.4, -0.2) is 36.1 Å². The first-order valence-electron chi connectivity index (χ1n) is 5.04. The van der Waals surface area contributed by atoms with Crippen molar-refractivity contribution in [3.8, 4) is 0 Å². The molecule has 0 saturated heterocycles. The monoisotopic (exact) mass is 236 g/mol. The van der Waals surface area contributed by atoms with E-state index in [4.69, 9.17) is 5.11 Å². The summed E-state index contributed by atoms with van der Waals surface area (Å²) in [4.78, 5) is 21.7. The topological polar surface area (TPSA) is 78.4 Å². The van der Waals surface area contributed by atoms with Gasteiger partial charge in [-0.2, -0.15) is 0 Å². The summed E-state index contributed by atoms with van der Waals surface area (Å²) in [5.41, 5.74) is 0. The molecule has 2 atom stereocenters. The molecule has 0 unspecified atom stereocenters. The van der Waals surface area contributed by atoms with Crippen LogP contribution in [0.1, 0.15) is 19.3 Å². The van der Waals surface area contributed by atoms with Crippen molar-refractivity contribution < 1.29 is 23.5 Å². The number of urea groups is 1. The summed E-state index contributed by atoms with van der Waals surface area (Å²) in [6.45, 7) is -0.694. The quantitative estimate of drug-likeness (QED) is 0.675. The minimum Gasteiger partial charge on any atom is -0.481 e. The van der Waals surface area contributed by atoms with E-state index in [2.05, 4.69) is 5.32 Å². The predicted octanol–water partition coefficient (Wildman–Crippen LogP) is 0.804. The highest BCUT2D eigenvalue weighted by Gasteiger charge is 2.30. The number of hydrogen-bond acceptors (Lipinski definition) is 2. The van der Waals surface area contributed by atoms with Crippen LogP contribution in [0.5, 0.6) is 0 Å². The van der Waals surface area contributed by atoms with Crippen LogP contribution in [0.25, 0.3) is 0 Å². The van der Waals surface area contributed by atoms with Gasteiger partial charge in [-0.05, 0) is 19.3 Å². The van der Waals surface area contributed by atoms with Crippen molar-refractivity contribution in [1.29, 1.82) is 0 Å². The van der Waals surface area contributed by atoms with Gasteiger partial charge in [0.1, 0.15) is 0 Å². The molecule has 0 aromatic carbocycles. The van der Waals surface area contributed by atoms with Gasteiger partial charge in [0.05, 0.1) is 12.5 Å². The second-order valence-electron chi connectivity index (χ2n) is 3.79. The second-order valence-corrected chi connectivity index (χ2v) is 3.79. The maximum atomic E-state index is 11.8. The third-order valence-electron chi connectivity index (χ3n) is 2.53. The number of carboxylic acid groups (broad SMARTS) is 1. The number of rotatable bonds is 4. The Morgan fingerprint density at radius 3 is 2.56 bits per heavy atom. The maximum absolute atomic E-state index is 11.8. The van der Waals surface area contributed by atoms with Crippen LogP contribution < -0.4 is 10.6 Å². The van der Waals surface area contributed by atoms with E-state index < -0.39 is 30.9 Å². The molecule has 0 aromatic heterocycles. The van der Waals surface area contributed by atoms with Gasteiger partial charge in [0.25, 0.3) is 6.43 Å². The number of hydrogen-bond donors (Lipinski definition) is 3. The van der Waals surface area contributed by atoms with Crippen molar-refractivity contribution in [3.63, 3.8) is 0 Å². The first-order valence-corrected chi connectivity index (χ1v) is 5.04. The van der Waals surface area contributed by atoms with Gasteiger partial charge in [0.15, 0.2) is 0 Å². The molecule has 1 rings (SSSR count). The fraction of sp³-hybridized carbons (Fsp3) is 0.778. The lowest BCUT2D eigenvalue weighted by molar-refractivity contribution is -0.141. The third-order valence-corrected chi connectivity index (χ3v) is 2.53. The van der Waals surface area contributed by atoms with E-state index in [0.717, 1.165) is 0 Å². The Morgan fingerprint density at radius 2 is 2.06 bits per heavy atom. The minimum atomic E-state index is -2.58. The maximum Gasteiger partial charge on any atom is 0.315 e. The Bertz CT molecular complexity index is 273.